The highest BCUT2D eigenvalue weighted by Gasteiger charge is 2.49. The molecule has 1 aliphatic heterocycles. The van der Waals surface area contributed by atoms with Gasteiger partial charge >= 0.3 is 13.7 Å². The van der Waals surface area contributed by atoms with Crippen LogP contribution >= 0.6 is 7.75 Å². The largest absolute Gasteiger partial charge is 0.454 e. The van der Waals surface area contributed by atoms with Crippen LogP contribution in [0.5, 0.6) is 0 Å². The molecular formula is C14H20FN6O7P. The molecule has 1 saturated heterocycles. The number of fused-ring (bicyclic) bond motifs is 1. The third-order valence-corrected chi connectivity index (χ3v) is 5.19. The van der Waals surface area contributed by atoms with E-state index < -0.39 is 51.5 Å². The molecule has 1 aliphatic rings. The second kappa shape index (κ2) is 8.65. The fourth-order valence-electron chi connectivity index (χ4n) is 2.84. The van der Waals surface area contributed by atoms with E-state index in [1.807, 2.05) is 0 Å². The number of nitrogens with one attached hydrogen (secondary N) is 1. The van der Waals surface area contributed by atoms with Crippen molar-refractivity contribution in [2.45, 2.75) is 31.5 Å². The normalized spacial score (nSPS) is 26.5. The molecule has 15 heteroatoms. The molecular weight excluding hydrogens is 414 g/mol. The van der Waals surface area contributed by atoms with Gasteiger partial charge in [0.2, 0.25) is 0 Å². The van der Waals surface area contributed by atoms with Crippen LogP contribution in [0, 0.1) is 0 Å². The third-order valence-electron chi connectivity index (χ3n) is 4.06. The van der Waals surface area contributed by atoms with Gasteiger partial charge in [-0.05, 0) is 0 Å². The van der Waals surface area contributed by atoms with Crippen molar-refractivity contribution in [3.05, 3.63) is 12.7 Å². The Bertz CT molecular complexity index is 929. The zero-order chi connectivity index (χ0) is 21.2. The number of esters is 1. The minimum Gasteiger partial charge on any atom is -0.454 e. The SMILES string of the molecule is CC(=O)OC1C(F)[C@@H](COP(=O)(O)NCCO)O[C@H]1n1cnc2c(N)ncnc21. The van der Waals surface area contributed by atoms with Crippen LogP contribution in [0.1, 0.15) is 13.2 Å². The first kappa shape index (κ1) is 21.5. The monoisotopic (exact) mass is 434 g/mol. The van der Waals surface area contributed by atoms with E-state index in [2.05, 4.69) is 20.0 Å². The molecule has 0 amide bonds. The highest BCUT2D eigenvalue weighted by Crippen LogP contribution is 2.40. The fraction of sp³-hybridized carbons (Fsp3) is 0.571. The summed E-state index contributed by atoms with van der Waals surface area (Å²) >= 11 is 0. The van der Waals surface area contributed by atoms with E-state index in [1.165, 1.54) is 17.2 Å². The van der Waals surface area contributed by atoms with E-state index in [1.54, 1.807) is 0 Å². The number of carbonyl (C=O) groups is 1. The van der Waals surface area contributed by atoms with Crippen molar-refractivity contribution >= 4 is 30.7 Å². The van der Waals surface area contributed by atoms with Crippen LogP contribution in [0.25, 0.3) is 11.2 Å². The van der Waals surface area contributed by atoms with Crippen LogP contribution in [-0.2, 0) is 23.4 Å². The second-order valence-electron chi connectivity index (χ2n) is 6.11. The van der Waals surface area contributed by atoms with Gasteiger partial charge in [0.05, 0.1) is 19.5 Å². The Kier molecular flexibility index (Phi) is 6.41. The molecule has 29 heavy (non-hydrogen) atoms. The number of halogens is 1. The standard InChI is InChI=1S/C14H20FN6O7P/c1-7(23)27-11-9(15)8(4-26-29(24,25)20-2-3-22)28-14(11)21-6-19-10-12(16)17-5-18-13(10)21/h5-6,8-9,11,14,22H,2-4H2,1H3,(H2,16,17,18)(H2,20,24,25)/t8-,9?,11?,14-/m1/s1. The van der Waals surface area contributed by atoms with Gasteiger partial charge < -0.3 is 25.2 Å². The Hall–Kier alpha value is -2.22. The van der Waals surface area contributed by atoms with Crippen molar-refractivity contribution < 1.29 is 37.7 Å². The van der Waals surface area contributed by atoms with E-state index in [-0.39, 0.29) is 23.5 Å². The molecule has 3 heterocycles. The van der Waals surface area contributed by atoms with Gasteiger partial charge in [-0.1, -0.05) is 0 Å². The quantitative estimate of drug-likeness (QED) is 0.302. The fourth-order valence-corrected chi connectivity index (χ4v) is 3.66. The lowest BCUT2D eigenvalue weighted by molar-refractivity contribution is -0.154. The summed E-state index contributed by atoms with van der Waals surface area (Å²) in [5, 5.41) is 10.8. The molecule has 0 bridgehead atoms. The topological polar surface area (TPSA) is 184 Å². The molecule has 13 nitrogen and oxygen atoms in total. The van der Waals surface area contributed by atoms with Crippen molar-refractivity contribution in [3.8, 4) is 0 Å². The van der Waals surface area contributed by atoms with Crippen LogP contribution < -0.4 is 10.8 Å². The number of nitrogens with zero attached hydrogens (tertiary/aromatic N) is 4. The van der Waals surface area contributed by atoms with Gasteiger partial charge in [-0.2, -0.15) is 0 Å². The molecule has 0 aromatic carbocycles. The van der Waals surface area contributed by atoms with E-state index in [0.717, 1.165) is 6.92 Å². The molecule has 5 N–H and O–H groups in total. The van der Waals surface area contributed by atoms with Crippen molar-refractivity contribution in [1.29, 1.82) is 0 Å². The minimum atomic E-state index is -4.28. The molecule has 160 valence electrons. The van der Waals surface area contributed by atoms with E-state index >= 15 is 0 Å². The number of hydrogen-bond acceptors (Lipinski definition) is 10. The molecule has 2 aromatic heterocycles. The summed E-state index contributed by atoms with van der Waals surface area (Å²) in [6.07, 6.45) is -3.31. The lowest BCUT2D eigenvalue weighted by Gasteiger charge is -2.20. The number of ether oxygens (including phenoxy) is 2. The maximum absolute atomic E-state index is 15.0. The number of carbonyl (C=O) groups excluding carboxylic acids is 1. The van der Waals surface area contributed by atoms with Crippen molar-refractivity contribution in [3.63, 3.8) is 0 Å². The Morgan fingerprint density at radius 2 is 2.24 bits per heavy atom. The predicted molar refractivity (Wildman–Crippen MR) is 95.0 cm³/mol. The number of rotatable bonds is 8. The number of alkyl halides is 1. The predicted octanol–water partition coefficient (Wildman–Crippen LogP) is -0.725. The smallest absolute Gasteiger partial charge is 0.403 e. The Labute approximate surface area is 163 Å². The average Bonchev–Trinajstić information content (AvgIpc) is 3.21. The van der Waals surface area contributed by atoms with Crippen LogP contribution in [0.4, 0.5) is 10.2 Å². The molecule has 2 aromatic rings. The number of anilines is 1. The highest BCUT2D eigenvalue weighted by molar-refractivity contribution is 7.50. The maximum Gasteiger partial charge on any atom is 0.403 e. The molecule has 3 rings (SSSR count). The summed E-state index contributed by atoms with van der Waals surface area (Å²) in [6, 6.07) is 0. The average molecular weight is 434 g/mol. The van der Waals surface area contributed by atoms with Gasteiger partial charge in [-0.25, -0.2) is 29.0 Å². The molecule has 1 fully saturated rings. The van der Waals surface area contributed by atoms with E-state index in [9.17, 15) is 18.6 Å². The van der Waals surface area contributed by atoms with E-state index in [0.29, 0.717) is 0 Å². The first-order chi connectivity index (χ1) is 13.7. The summed E-state index contributed by atoms with van der Waals surface area (Å²) < 4.78 is 43.6. The number of aromatic nitrogens is 4. The summed E-state index contributed by atoms with van der Waals surface area (Å²) in [5.74, 6) is -0.646. The summed E-state index contributed by atoms with van der Waals surface area (Å²) in [5.41, 5.74) is 6.22. The van der Waals surface area contributed by atoms with Gasteiger partial charge in [0.1, 0.15) is 17.9 Å². The molecule has 5 atom stereocenters. The maximum atomic E-state index is 15.0. The summed E-state index contributed by atoms with van der Waals surface area (Å²) in [6.45, 7) is -0.0972. The number of aliphatic hydroxyl groups is 1. The number of imidazole rings is 1. The molecule has 0 spiro atoms. The number of nitrogen functional groups attached to an aromatic ring is 1. The highest BCUT2D eigenvalue weighted by atomic mass is 31.2. The van der Waals surface area contributed by atoms with Crippen LogP contribution in [0.2, 0.25) is 0 Å². The lowest BCUT2D eigenvalue weighted by atomic mass is 10.1. The molecule has 0 aliphatic carbocycles. The minimum absolute atomic E-state index is 0.101. The van der Waals surface area contributed by atoms with Gasteiger partial charge in [-0.3, -0.25) is 13.9 Å². The lowest BCUT2D eigenvalue weighted by Crippen LogP contribution is -2.34. The van der Waals surface area contributed by atoms with Gasteiger partial charge in [-0.15, -0.1) is 0 Å². The first-order valence-corrected chi connectivity index (χ1v) is 10.0. The Balaban J connectivity index is 1.83. The third kappa shape index (κ3) is 4.69. The van der Waals surface area contributed by atoms with Crippen molar-refractivity contribution in [1.82, 2.24) is 24.6 Å². The van der Waals surface area contributed by atoms with Gasteiger partial charge in [0, 0.05) is 13.5 Å². The Morgan fingerprint density at radius 3 is 2.93 bits per heavy atom. The van der Waals surface area contributed by atoms with Crippen LogP contribution in [0.15, 0.2) is 12.7 Å². The second-order valence-corrected chi connectivity index (χ2v) is 7.73. The first-order valence-electron chi connectivity index (χ1n) is 8.46. The number of hydrogen-bond donors (Lipinski definition) is 4. The van der Waals surface area contributed by atoms with Crippen LogP contribution in [-0.4, -0.2) is 73.6 Å². The number of nitrogens with two attached hydrogens (primary N) is 1. The summed E-state index contributed by atoms with van der Waals surface area (Å²) in [4.78, 5) is 33.0. The van der Waals surface area contributed by atoms with Crippen molar-refractivity contribution in [2.75, 3.05) is 25.5 Å². The number of aliphatic hydroxyl groups excluding tert-OH is 1. The zero-order valence-electron chi connectivity index (χ0n) is 15.2. The van der Waals surface area contributed by atoms with Gasteiger partial charge in [0.25, 0.3) is 0 Å². The van der Waals surface area contributed by atoms with Crippen LogP contribution in [0.3, 0.4) is 0 Å². The van der Waals surface area contributed by atoms with Gasteiger partial charge in [0.15, 0.2) is 30.0 Å². The summed E-state index contributed by atoms with van der Waals surface area (Å²) in [7, 11) is -4.28. The molecule has 0 radical (unpaired) electrons. The Morgan fingerprint density at radius 1 is 1.48 bits per heavy atom. The van der Waals surface area contributed by atoms with E-state index in [4.69, 9.17) is 24.8 Å². The van der Waals surface area contributed by atoms with Crippen molar-refractivity contribution in [2.24, 2.45) is 0 Å². The molecule has 3 unspecified atom stereocenters. The molecule has 0 saturated carbocycles. The zero-order valence-corrected chi connectivity index (χ0v) is 16.1.